The first-order valence-electron chi connectivity index (χ1n) is 5.14. The van der Waals surface area contributed by atoms with Crippen molar-refractivity contribution in [2.24, 2.45) is 0 Å². The van der Waals surface area contributed by atoms with Crippen LogP contribution >= 0.6 is 0 Å². The number of nitrogens with zero attached hydrogens (tertiary/aromatic N) is 1. The lowest BCUT2D eigenvalue weighted by Gasteiger charge is -2.20. The second-order valence-electron chi connectivity index (χ2n) is 3.62. The fourth-order valence-electron chi connectivity index (χ4n) is 1.58. The highest BCUT2D eigenvalue weighted by Gasteiger charge is 2.06. The van der Waals surface area contributed by atoms with Crippen molar-refractivity contribution in [1.29, 1.82) is 0 Å². The smallest absolute Gasteiger partial charge is 0.125 e. The number of nitrogens with two attached hydrogens (primary N) is 1. The van der Waals surface area contributed by atoms with Crippen molar-refractivity contribution in [2.45, 2.75) is 6.54 Å². The van der Waals surface area contributed by atoms with Crippen LogP contribution in [0, 0.1) is 5.82 Å². The van der Waals surface area contributed by atoms with E-state index in [4.69, 9.17) is 15.9 Å². The van der Waals surface area contributed by atoms with Crippen LogP contribution in [0.2, 0.25) is 0 Å². The van der Waals surface area contributed by atoms with Crippen molar-refractivity contribution in [1.82, 2.24) is 4.90 Å². The van der Waals surface area contributed by atoms with Crippen molar-refractivity contribution in [3.63, 3.8) is 0 Å². The lowest BCUT2D eigenvalue weighted by atomic mass is 10.2. The van der Waals surface area contributed by atoms with Crippen molar-refractivity contribution < 1.29 is 14.6 Å². The average Bonchev–Trinajstić information content (AvgIpc) is 2.16. The van der Waals surface area contributed by atoms with E-state index in [-0.39, 0.29) is 19.0 Å². The normalized spacial score (nSPS) is 11.0. The average molecular weight is 228 g/mol. The van der Waals surface area contributed by atoms with E-state index in [1.807, 2.05) is 4.90 Å². The van der Waals surface area contributed by atoms with E-state index in [1.54, 1.807) is 6.07 Å². The monoisotopic (exact) mass is 228 g/mol. The Bertz CT molecular complexity index is 308. The Hall–Kier alpha value is -1.17. The third-order valence-corrected chi connectivity index (χ3v) is 2.22. The van der Waals surface area contributed by atoms with Crippen LogP contribution in [0.1, 0.15) is 5.56 Å². The van der Waals surface area contributed by atoms with Crippen LogP contribution in [0.4, 0.5) is 10.1 Å². The Kier molecular flexibility index (Phi) is 5.18. The molecule has 0 fully saturated rings. The minimum Gasteiger partial charge on any atom is -0.399 e. The molecule has 0 unspecified atom stereocenters. The van der Waals surface area contributed by atoms with E-state index < -0.39 is 0 Å². The van der Waals surface area contributed by atoms with Gasteiger partial charge in [0.15, 0.2) is 0 Å². The lowest BCUT2D eigenvalue weighted by Crippen LogP contribution is -2.29. The largest absolute Gasteiger partial charge is 0.399 e. The zero-order valence-electron chi connectivity index (χ0n) is 9.06. The Morgan fingerprint density at radius 3 is 2.25 bits per heavy atom. The first-order valence-corrected chi connectivity index (χ1v) is 5.14. The third-order valence-electron chi connectivity index (χ3n) is 2.22. The summed E-state index contributed by atoms with van der Waals surface area (Å²) < 4.78 is 13.1. The number of rotatable bonds is 6. The summed E-state index contributed by atoms with van der Waals surface area (Å²) in [6.07, 6.45) is 0. The molecular weight excluding hydrogens is 211 g/mol. The molecule has 5 heteroatoms. The van der Waals surface area contributed by atoms with E-state index in [2.05, 4.69) is 0 Å². The van der Waals surface area contributed by atoms with Crippen LogP contribution < -0.4 is 5.73 Å². The molecule has 90 valence electrons. The van der Waals surface area contributed by atoms with Crippen molar-refractivity contribution in [2.75, 3.05) is 32.0 Å². The zero-order chi connectivity index (χ0) is 12.0. The van der Waals surface area contributed by atoms with Gasteiger partial charge in [-0.25, -0.2) is 4.39 Å². The summed E-state index contributed by atoms with van der Waals surface area (Å²) in [7, 11) is 0. The molecule has 0 radical (unpaired) electrons. The van der Waals surface area contributed by atoms with Crippen LogP contribution in [0.15, 0.2) is 18.2 Å². The molecule has 4 N–H and O–H groups in total. The number of aliphatic hydroxyl groups excluding tert-OH is 2. The van der Waals surface area contributed by atoms with E-state index in [1.165, 1.54) is 12.1 Å². The van der Waals surface area contributed by atoms with Gasteiger partial charge in [0.1, 0.15) is 5.82 Å². The predicted octanol–water partition coefficient (Wildman–Crippen LogP) is 0.194. The minimum absolute atomic E-state index is 0.00476. The molecule has 0 aliphatic rings. The summed E-state index contributed by atoms with van der Waals surface area (Å²) in [6.45, 7) is 1.35. The number of aliphatic hydroxyl groups is 2. The zero-order valence-corrected chi connectivity index (χ0v) is 9.06. The number of benzene rings is 1. The minimum atomic E-state index is -0.372. The SMILES string of the molecule is Nc1cc(F)cc(CN(CCO)CCO)c1. The van der Waals surface area contributed by atoms with Gasteiger partial charge < -0.3 is 15.9 Å². The summed E-state index contributed by atoms with van der Waals surface area (Å²) >= 11 is 0. The summed E-state index contributed by atoms with van der Waals surface area (Å²) in [5.74, 6) is -0.372. The summed E-state index contributed by atoms with van der Waals surface area (Å²) in [5.41, 5.74) is 6.64. The fraction of sp³-hybridized carbons (Fsp3) is 0.455. The molecule has 0 saturated carbocycles. The van der Waals surface area contributed by atoms with Gasteiger partial charge in [-0.05, 0) is 23.8 Å². The maximum Gasteiger partial charge on any atom is 0.125 e. The molecule has 1 rings (SSSR count). The first kappa shape index (κ1) is 12.9. The highest BCUT2D eigenvalue weighted by molar-refractivity contribution is 5.41. The summed E-state index contributed by atoms with van der Waals surface area (Å²) in [4.78, 5) is 1.83. The highest BCUT2D eigenvalue weighted by Crippen LogP contribution is 2.12. The van der Waals surface area contributed by atoms with E-state index in [0.717, 1.165) is 5.56 Å². The third kappa shape index (κ3) is 4.14. The van der Waals surface area contributed by atoms with Gasteiger partial charge in [-0.1, -0.05) is 0 Å². The molecule has 1 aromatic carbocycles. The number of anilines is 1. The Balaban J connectivity index is 2.68. The highest BCUT2D eigenvalue weighted by atomic mass is 19.1. The molecular formula is C11H17FN2O2. The van der Waals surface area contributed by atoms with E-state index in [9.17, 15) is 4.39 Å². The molecule has 0 bridgehead atoms. The molecule has 0 saturated heterocycles. The Labute approximate surface area is 94.1 Å². The van der Waals surface area contributed by atoms with Gasteiger partial charge in [-0.3, -0.25) is 4.90 Å². The van der Waals surface area contributed by atoms with Crippen molar-refractivity contribution in [3.8, 4) is 0 Å². The second kappa shape index (κ2) is 6.42. The molecule has 16 heavy (non-hydrogen) atoms. The topological polar surface area (TPSA) is 69.7 Å². The molecule has 0 spiro atoms. The van der Waals surface area contributed by atoms with Crippen LogP contribution in [0.25, 0.3) is 0 Å². The maximum atomic E-state index is 13.1. The van der Waals surface area contributed by atoms with Gasteiger partial charge in [-0.15, -0.1) is 0 Å². The Morgan fingerprint density at radius 2 is 1.75 bits per heavy atom. The van der Waals surface area contributed by atoms with Crippen molar-refractivity contribution in [3.05, 3.63) is 29.6 Å². The molecule has 4 nitrogen and oxygen atoms in total. The second-order valence-corrected chi connectivity index (χ2v) is 3.62. The first-order chi connectivity index (χ1) is 7.65. The number of hydrogen-bond acceptors (Lipinski definition) is 4. The van der Waals surface area contributed by atoms with E-state index in [0.29, 0.717) is 25.3 Å². The van der Waals surface area contributed by atoms with Gasteiger partial charge in [0.2, 0.25) is 0 Å². The van der Waals surface area contributed by atoms with Gasteiger partial charge in [0.05, 0.1) is 13.2 Å². The molecule has 0 aromatic heterocycles. The van der Waals surface area contributed by atoms with Gasteiger partial charge in [0, 0.05) is 25.3 Å². The molecule has 0 amide bonds. The fourth-order valence-corrected chi connectivity index (χ4v) is 1.58. The number of halogens is 1. The van der Waals surface area contributed by atoms with Crippen LogP contribution in [-0.4, -0.2) is 41.4 Å². The quantitative estimate of drug-likeness (QED) is 0.608. The van der Waals surface area contributed by atoms with E-state index >= 15 is 0 Å². The van der Waals surface area contributed by atoms with Gasteiger partial charge >= 0.3 is 0 Å². The summed E-state index contributed by atoms with van der Waals surface area (Å²) in [5, 5.41) is 17.7. The number of hydrogen-bond donors (Lipinski definition) is 3. The number of nitrogen functional groups attached to an aromatic ring is 1. The standard InChI is InChI=1S/C11H17FN2O2/c12-10-5-9(6-11(13)7-10)8-14(1-3-15)2-4-16/h5-7,15-16H,1-4,8,13H2. The lowest BCUT2D eigenvalue weighted by molar-refractivity contribution is 0.156. The predicted molar refractivity (Wildman–Crippen MR) is 60.3 cm³/mol. The molecule has 0 aliphatic carbocycles. The van der Waals surface area contributed by atoms with Gasteiger partial charge in [0.25, 0.3) is 0 Å². The molecule has 1 aromatic rings. The summed E-state index contributed by atoms with van der Waals surface area (Å²) in [6, 6.07) is 4.34. The van der Waals surface area contributed by atoms with Crippen LogP contribution in [0.3, 0.4) is 0 Å². The molecule has 0 heterocycles. The Morgan fingerprint density at radius 1 is 1.12 bits per heavy atom. The van der Waals surface area contributed by atoms with Crippen LogP contribution in [-0.2, 0) is 6.54 Å². The molecule has 0 aliphatic heterocycles. The van der Waals surface area contributed by atoms with Gasteiger partial charge in [-0.2, -0.15) is 0 Å². The van der Waals surface area contributed by atoms with Crippen LogP contribution in [0.5, 0.6) is 0 Å². The maximum absolute atomic E-state index is 13.1. The van der Waals surface area contributed by atoms with Crippen molar-refractivity contribution >= 4 is 5.69 Å². The molecule has 0 atom stereocenters.